The van der Waals surface area contributed by atoms with Crippen molar-refractivity contribution in [2.45, 2.75) is 13.8 Å². The van der Waals surface area contributed by atoms with Gasteiger partial charge in [0.1, 0.15) is 5.01 Å². The topological polar surface area (TPSA) is 73.8 Å². The first kappa shape index (κ1) is 16.6. The highest BCUT2D eigenvalue weighted by molar-refractivity contribution is 7.19. The molecule has 4 rings (SSSR count). The third-order valence-corrected chi connectivity index (χ3v) is 5.84. The van der Waals surface area contributed by atoms with E-state index in [0.717, 1.165) is 31.8 Å². The summed E-state index contributed by atoms with van der Waals surface area (Å²) in [6.45, 7) is 4.12. The van der Waals surface area contributed by atoms with Gasteiger partial charge in [0.15, 0.2) is 5.13 Å². The zero-order valence-corrected chi connectivity index (χ0v) is 15.7. The van der Waals surface area contributed by atoms with E-state index in [-0.39, 0.29) is 5.69 Å². The summed E-state index contributed by atoms with van der Waals surface area (Å²) in [6, 6.07) is 6.88. The molecule has 4 aromatic rings. The van der Waals surface area contributed by atoms with Gasteiger partial charge in [0.25, 0.3) is 5.69 Å². The second-order valence-electron chi connectivity index (χ2n) is 5.77. The number of nitro benzene ring substituents is 1. The molecule has 26 heavy (non-hydrogen) atoms. The largest absolute Gasteiger partial charge is 0.294 e. The van der Waals surface area contributed by atoms with Gasteiger partial charge in [-0.25, -0.2) is 9.97 Å². The Labute approximate surface area is 157 Å². The van der Waals surface area contributed by atoms with Crippen LogP contribution >= 0.6 is 22.7 Å². The van der Waals surface area contributed by atoms with E-state index in [1.807, 2.05) is 17.5 Å². The van der Waals surface area contributed by atoms with Crippen molar-refractivity contribution >= 4 is 50.7 Å². The molecule has 0 N–H and O–H groups in total. The molecule has 0 bridgehead atoms. The molecule has 130 valence electrons. The molecule has 0 amide bonds. The average Bonchev–Trinajstić information content (AvgIpc) is 3.31. The Bertz CT molecular complexity index is 1140. The van der Waals surface area contributed by atoms with Crippen LogP contribution in [0.5, 0.6) is 0 Å². The van der Waals surface area contributed by atoms with Gasteiger partial charge in [-0.2, -0.15) is 0 Å². The summed E-state index contributed by atoms with van der Waals surface area (Å²) in [5.74, 6) is 0. The SMILES string of the molecule is Cc1cc(/C=C/c2nc3cc([N+](=O)[O-])ccc3s2)c(C)n1-c1nccs1. The molecule has 3 aromatic heterocycles. The lowest BCUT2D eigenvalue weighted by Crippen LogP contribution is -1.97. The standard InChI is InChI=1S/C18H14N4O2S2/c1-11-9-13(12(2)21(11)18-19-7-8-25-18)3-6-17-20-15-10-14(22(23)24)4-5-16(15)26-17/h3-10H,1-2H3/b6-3+. The Morgan fingerprint density at radius 3 is 2.81 bits per heavy atom. The van der Waals surface area contributed by atoms with Gasteiger partial charge in [0.2, 0.25) is 0 Å². The summed E-state index contributed by atoms with van der Waals surface area (Å²) in [5.41, 5.74) is 4.05. The molecule has 0 aliphatic rings. The Kier molecular flexibility index (Phi) is 4.14. The molecule has 0 aliphatic heterocycles. The van der Waals surface area contributed by atoms with Gasteiger partial charge >= 0.3 is 0 Å². The molecule has 0 unspecified atom stereocenters. The molecule has 3 heterocycles. The molecule has 8 heteroatoms. The van der Waals surface area contributed by atoms with Crippen LogP contribution in [0.2, 0.25) is 0 Å². The molecule has 0 radical (unpaired) electrons. The molecule has 0 aliphatic carbocycles. The number of thiazole rings is 2. The summed E-state index contributed by atoms with van der Waals surface area (Å²) in [7, 11) is 0. The van der Waals surface area contributed by atoms with Crippen LogP contribution in [0.15, 0.2) is 35.8 Å². The quantitative estimate of drug-likeness (QED) is 0.357. The van der Waals surface area contributed by atoms with Crippen LogP contribution < -0.4 is 0 Å². The first-order valence-corrected chi connectivity index (χ1v) is 9.54. The maximum atomic E-state index is 10.9. The number of hydrogen-bond acceptors (Lipinski definition) is 6. The first-order chi connectivity index (χ1) is 12.5. The molecule has 0 fully saturated rings. The molecule has 0 saturated carbocycles. The van der Waals surface area contributed by atoms with Gasteiger partial charge < -0.3 is 0 Å². The first-order valence-electron chi connectivity index (χ1n) is 7.85. The van der Waals surface area contributed by atoms with E-state index in [0.29, 0.717) is 5.52 Å². The summed E-state index contributed by atoms with van der Waals surface area (Å²) in [4.78, 5) is 19.4. The number of aromatic nitrogens is 3. The van der Waals surface area contributed by atoms with Crippen LogP contribution in [0.4, 0.5) is 5.69 Å². The fourth-order valence-corrected chi connectivity index (χ4v) is 4.46. The van der Waals surface area contributed by atoms with Gasteiger partial charge in [-0.05, 0) is 37.6 Å². The number of nitrogens with zero attached hydrogens (tertiary/aromatic N) is 4. The maximum Gasteiger partial charge on any atom is 0.271 e. The summed E-state index contributed by atoms with van der Waals surface area (Å²) in [5, 5.41) is 14.6. The summed E-state index contributed by atoms with van der Waals surface area (Å²) < 4.78 is 3.06. The highest BCUT2D eigenvalue weighted by atomic mass is 32.1. The van der Waals surface area contributed by atoms with E-state index < -0.39 is 4.92 Å². The van der Waals surface area contributed by atoms with Gasteiger partial charge in [-0.15, -0.1) is 22.7 Å². The van der Waals surface area contributed by atoms with Gasteiger partial charge in [0, 0.05) is 35.1 Å². The smallest absolute Gasteiger partial charge is 0.271 e. The van der Waals surface area contributed by atoms with E-state index in [1.165, 1.54) is 23.5 Å². The van der Waals surface area contributed by atoms with Crippen LogP contribution in [0.25, 0.3) is 27.5 Å². The van der Waals surface area contributed by atoms with Crippen LogP contribution in [0, 0.1) is 24.0 Å². The molecule has 1 aromatic carbocycles. The zero-order chi connectivity index (χ0) is 18.3. The van der Waals surface area contributed by atoms with E-state index in [2.05, 4.69) is 34.4 Å². The lowest BCUT2D eigenvalue weighted by atomic mass is 10.2. The van der Waals surface area contributed by atoms with Crippen molar-refractivity contribution in [2.75, 3.05) is 0 Å². The number of benzene rings is 1. The minimum atomic E-state index is -0.401. The van der Waals surface area contributed by atoms with Crippen LogP contribution in [0.3, 0.4) is 0 Å². The monoisotopic (exact) mass is 382 g/mol. The van der Waals surface area contributed by atoms with E-state index in [9.17, 15) is 10.1 Å². The number of rotatable bonds is 4. The van der Waals surface area contributed by atoms with Crippen molar-refractivity contribution in [1.29, 1.82) is 0 Å². The lowest BCUT2D eigenvalue weighted by Gasteiger charge is -2.04. The van der Waals surface area contributed by atoms with E-state index in [1.54, 1.807) is 23.6 Å². The number of hydrogen-bond donors (Lipinski definition) is 0. The highest BCUT2D eigenvalue weighted by Crippen LogP contribution is 2.28. The van der Waals surface area contributed by atoms with Crippen molar-refractivity contribution in [1.82, 2.24) is 14.5 Å². The Balaban J connectivity index is 1.67. The van der Waals surface area contributed by atoms with Crippen molar-refractivity contribution in [3.8, 4) is 5.13 Å². The number of non-ortho nitro benzene ring substituents is 1. The highest BCUT2D eigenvalue weighted by Gasteiger charge is 2.12. The predicted octanol–water partition coefficient (Wildman–Crippen LogP) is 5.24. The minimum absolute atomic E-state index is 0.0605. The fourth-order valence-electron chi connectivity index (χ4n) is 2.86. The molecule has 6 nitrogen and oxygen atoms in total. The van der Waals surface area contributed by atoms with E-state index in [4.69, 9.17) is 0 Å². The lowest BCUT2D eigenvalue weighted by molar-refractivity contribution is -0.384. The number of aryl methyl sites for hydroxylation is 1. The number of nitro groups is 1. The van der Waals surface area contributed by atoms with Crippen LogP contribution in [-0.4, -0.2) is 19.5 Å². The second-order valence-corrected chi connectivity index (χ2v) is 7.71. The normalized spacial score (nSPS) is 11.6. The van der Waals surface area contributed by atoms with Gasteiger partial charge in [-0.3, -0.25) is 14.7 Å². The fraction of sp³-hybridized carbons (Fsp3) is 0.111. The second kappa shape index (κ2) is 6.47. The predicted molar refractivity (Wildman–Crippen MR) is 106 cm³/mol. The average molecular weight is 382 g/mol. The van der Waals surface area contributed by atoms with Crippen LogP contribution in [0.1, 0.15) is 22.0 Å². The third-order valence-electron chi connectivity index (χ3n) is 4.08. The Morgan fingerprint density at radius 1 is 1.23 bits per heavy atom. The van der Waals surface area contributed by atoms with Crippen LogP contribution in [-0.2, 0) is 0 Å². The zero-order valence-electron chi connectivity index (χ0n) is 14.0. The maximum absolute atomic E-state index is 10.9. The molecular weight excluding hydrogens is 368 g/mol. The summed E-state index contributed by atoms with van der Waals surface area (Å²) >= 11 is 3.12. The molecule has 0 spiro atoms. The van der Waals surface area contributed by atoms with Gasteiger partial charge in [0.05, 0.1) is 15.1 Å². The van der Waals surface area contributed by atoms with Crippen molar-refractivity contribution < 1.29 is 4.92 Å². The van der Waals surface area contributed by atoms with E-state index >= 15 is 0 Å². The number of fused-ring (bicyclic) bond motifs is 1. The third kappa shape index (κ3) is 2.93. The van der Waals surface area contributed by atoms with Gasteiger partial charge in [-0.1, -0.05) is 6.08 Å². The van der Waals surface area contributed by atoms with Crippen molar-refractivity contribution in [3.05, 3.63) is 67.9 Å². The minimum Gasteiger partial charge on any atom is -0.294 e. The van der Waals surface area contributed by atoms with Crippen molar-refractivity contribution in [2.24, 2.45) is 0 Å². The Hall–Kier alpha value is -2.84. The Morgan fingerprint density at radius 2 is 2.08 bits per heavy atom. The molecule has 0 saturated heterocycles. The molecule has 0 atom stereocenters. The van der Waals surface area contributed by atoms with Crippen molar-refractivity contribution in [3.63, 3.8) is 0 Å². The molecular formula is C18H14N4O2S2. The summed E-state index contributed by atoms with van der Waals surface area (Å²) in [6.07, 6.45) is 5.78.